The summed E-state index contributed by atoms with van der Waals surface area (Å²) in [6, 6.07) is 7.76. The highest BCUT2D eigenvalue weighted by atomic mass is 15.2. The van der Waals surface area contributed by atoms with Crippen LogP contribution in [0.25, 0.3) is 0 Å². The number of nitriles is 1. The molecule has 0 atom stereocenters. The third kappa shape index (κ3) is 3.21. The number of nitrogens with zero attached hydrogens (tertiary/aromatic N) is 3. The molecule has 4 heteroatoms. The fourth-order valence-electron chi connectivity index (χ4n) is 2.46. The summed E-state index contributed by atoms with van der Waals surface area (Å²) in [5, 5.41) is 12.1. The zero-order valence-corrected chi connectivity index (χ0v) is 10.9. The first kappa shape index (κ1) is 12.8. The largest absolute Gasteiger partial charge is 0.357 e. The molecule has 1 aliphatic rings. The highest BCUT2D eigenvalue weighted by molar-refractivity contribution is 5.41. The van der Waals surface area contributed by atoms with Crippen molar-refractivity contribution in [2.75, 3.05) is 31.6 Å². The first-order valence-corrected chi connectivity index (χ1v) is 6.60. The Balaban J connectivity index is 1.91. The Morgan fingerprint density at radius 2 is 2.22 bits per heavy atom. The Hall–Kier alpha value is -1.60. The molecule has 0 amide bonds. The van der Waals surface area contributed by atoms with Crippen LogP contribution in [0.1, 0.15) is 25.0 Å². The van der Waals surface area contributed by atoms with Gasteiger partial charge in [-0.15, -0.1) is 0 Å². The molecule has 0 aliphatic carbocycles. The lowest BCUT2D eigenvalue weighted by Crippen LogP contribution is -2.35. The maximum absolute atomic E-state index is 8.86. The average Bonchev–Trinajstić information content (AvgIpc) is 2.46. The molecule has 2 heterocycles. The topological polar surface area (TPSA) is 52.0 Å². The molecular formula is C14H20N4. The third-order valence-electron chi connectivity index (χ3n) is 3.59. The lowest BCUT2D eigenvalue weighted by Gasteiger charge is -2.32. The van der Waals surface area contributed by atoms with Crippen LogP contribution in [0.15, 0.2) is 18.2 Å². The maximum Gasteiger partial charge on any atom is 0.142 e. The molecular weight excluding hydrogens is 224 g/mol. The van der Waals surface area contributed by atoms with Crippen LogP contribution >= 0.6 is 0 Å². The number of aromatic nitrogens is 1. The number of hydrogen-bond acceptors (Lipinski definition) is 4. The SMILES string of the molecule is CNCCC1CCN(c2cccc(C#N)n2)CC1. The van der Waals surface area contributed by atoms with E-state index >= 15 is 0 Å². The average molecular weight is 244 g/mol. The van der Waals surface area contributed by atoms with Crippen molar-refractivity contribution < 1.29 is 0 Å². The summed E-state index contributed by atoms with van der Waals surface area (Å²) < 4.78 is 0. The van der Waals surface area contributed by atoms with Crippen molar-refractivity contribution in [3.8, 4) is 6.07 Å². The second-order valence-corrected chi connectivity index (χ2v) is 4.82. The van der Waals surface area contributed by atoms with Gasteiger partial charge in [-0.05, 0) is 50.9 Å². The second-order valence-electron chi connectivity index (χ2n) is 4.82. The molecule has 0 saturated carbocycles. The van der Waals surface area contributed by atoms with Crippen molar-refractivity contribution in [1.82, 2.24) is 10.3 Å². The molecule has 96 valence electrons. The summed E-state index contributed by atoms with van der Waals surface area (Å²) >= 11 is 0. The van der Waals surface area contributed by atoms with Crippen LogP contribution in [0.4, 0.5) is 5.82 Å². The molecule has 18 heavy (non-hydrogen) atoms. The Kier molecular flexibility index (Phi) is 4.54. The van der Waals surface area contributed by atoms with Crippen LogP contribution in [-0.4, -0.2) is 31.7 Å². The van der Waals surface area contributed by atoms with Crippen LogP contribution in [0.2, 0.25) is 0 Å². The molecule has 0 radical (unpaired) electrons. The van der Waals surface area contributed by atoms with Crippen LogP contribution in [0.3, 0.4) is 0 Å². The summed E-state index contributed by atoms with van der Waals surface area (Å²) in [7, 11) is 2.01. The number of hydrogen-bond donors (Lipinski definition) is 1. The van der Waals surface area contributed by atoms with Gasteiger partial charge in [-0.25, -0.2) is 4.98 Å². The lowest BCUT2D eigenvalue weighted by molar-refractivity contribution is 0.377. The minimum atomic E-state index is 0.504. The van der Waals surface area contributed by atoms with Gasteiger partial charge < -0.3 is 10.2 Å². The van der Waals surface area contributed by atoms with Crippen molar-refractivity contribution in [1.29, 1.82) is 5.26 Å². The molecule has 1 aliphatic heterocycles. The molecule has 2 rings (SSSR count). The highest BCUT2D eigenvalue weighted by Gasteiger charge is 2.19. The minimum Gasteiger partial charge on any atom is -0.357 e. The summed E-state index contributed by atoms with van der Waals surface area (Å²) in [6.45, 7) is 3.21. The summed E-state index contributed by atoms with van der Waals surface area (Å²) in [4.78, 5) is 6.64. The van der Waals surface area contributed by atoms with Crippen molar-refractivity contribution >= 4 is 5.82 Å². The van der Waals surface area contributed by atoms with Crippen molar-refractivity contribution in [3.63, 3.8) is 0 Å². The van der Waals surface area contributed by atoms with E-state index in [4.69, 9.17) is 5.26 Å². The van der Waals surface area contributed by atoms with Gasteiger partial charge in [-0.2, -0.15) is 5.26 Å². The first-order valence-electron chi connectivity index (χ1n) is 6.60. The van der Waals surface area contributed by atoms with E-state index in [9.17, 15) is 0 Å². The van der Waals surface area contributed by atoms with E-state index in [0.29, 0.717) is 5.69 Å². The highest BCUT2D eigenvalue weighted by Crippen LogP contribution is 2.23. The van der Waals surface area contributed by atoms with E-state index in [-0.39, 0.29) is 0 Å². The molecule has 1 fully saturated rings. The Morgan fingerprint density at radius 1 is 1.44 bits per heavy atom. The predicted molar refractivity (Wildman–Crippen MR) is 72.4 cm³/mol. The molecule has 0 bridgehead atoms. The summed E-state index contributed by atoms with van der Waals surface area (Å²) in [5.74, 6) is 1.77. The van der Waals surface area contributed by atoms with Gasteiger partial charge in [0.25, 0.3) is 0 Å². The van der Waals surface area contributed by atoms with Crippen molar-refractivity contribution in [2.24, 2.45) is 5.92 Å². The van der Waals surface area contributed by atoms with Crippen LogP contribution in [-0.2, 0) is 0 Å². The van der Waals surface area contributed by atoms with Crippen molar-refractivity contribution in [2.45, 2.75) is 19.3 Å². The normalized spacial score (nSPS) is 16.6. The third-order valence-corrected chi connectivity index (χ3v) is 3.59. The lowest BCUT2D eigenvalue weighted by atomic mass is 9.93. The van der Waals surface area contributed by atoms with E-state index in [1.54, 1.807) is 6.07 Å². The first-order chi connectivity index (χ1) is 8.83. The van der Waals surface area contributed by atoms with Gasteiger partial charge in [0.2, 0.25) is 0 Å². The van der Waals surface area contributed by atoms with E-state index in [0.717, 1.165) is 31.4 Å². The number of anilines is 1. The molecule has 1 saturated heterocycles. The zero-order chi connectivity index (χ0) is 12.8. The number of nitrogens with one attached hydrogen (secondary N) is 1. The predicted octanol–water partition coefficient (Wildman–Crippen LogP) is 1.78. The number of piperidine rings is 1. The van der Waals surface area contributed by atoms with Crippen LogP contribution in [0, 0.1) is 17.2 Å². The van der Waals surface area contributed by atoms with Gasteiger partial charge in [-0.1, -0.05) is 6.07 Å². The Morgan fingerprint density at radius 3 is 2.89 bits per heavy atom. The number of rotatable bonds is 4. The molecule has 1 aromatic heterocycles. The molecule has 0 spiro atoms. The monoisotopic (exact) mass is 244 g/mol. The molecule has 0 unspecified atom stereocenters. The van der Waals surface area contributed by atoms with Gasteiger partial charge >= 0.3 is 0 Å². The van der Waals surface area contributed by atoms with E-state index in [2.05, 4.69) is 21.3 Å². The molecule has 1 N–H and O–H groups in total. The number of pyridine rings is 1. The molecule has 4 nitrogen and oxygen atoms in total. The Labute approximate surface area is 109 Å². The van der Waals surface area contributed by atoms with Gasteiger partial charge in [0, 0.05) is 13.1 Å². The van der Waals surface area contributed by atoms with Gasteiger partial charge in [-0.3, -0.25) is 0 Å². The quantitative estimate of drug-likeness (QED) is 0.877. The van der Waals surface area contributed by atoms with E-state index in [1.807, 2.05) is 19.2 Å². The van der Waals surface area contributed by atoms with Gasteiger partial charge in [0.15, 0.2) is 0 Å². The zero-order valence-electron chi connectivity index (χ0n) is 10.9. The second kappa shape index (κ2) is 6.36. The van der Waals surface area contributed by atoms with Gasteiger partial charge in [0.1, 0.15) is 17.6 Å². The van der Waals surface area contributed by atoms with Crippen molar-refractivity contribution in [3.05, 3.63) is 23.9 Å². The smallest absolute Gasteiger partial charge is 0.142 e. The van der Waals surface area contributed by atoms with E-state index < -0.39 is 0 Å². The summed E-state index contributed by atoms with van der Waals surface area (Å²) in [5.41, 5.74) is 0.504. The van der Waals surface area contributed by atoms with Crippen LogP contribution in [0.5, 0.6) is 0 Å². The summed E-state index contributed by atoms with van der Waals surface area (Å²) in [6.07, 6.45) is 3.70. The Bertz CT molecular complexity index is 416. The fourth-order valence-corrected chi connectivity index (χ4v) is 2.46. The minimum absolute atomic E-state index is 0.504. The van der Waals surface area contributed by atoms with Gasteiger partial charge in [0.05, 0.1) is 0 Å². The maximum atomic E-state index is 8.86. The van der Waals surface area contributed by atoms with Crippen LogP contribution < -0.4 is 10.2 Å². The fraction of sp³-hybridized carbons (Fsp3) is 0.571. The van der Waals surface area contributed by atoms with E-state index in [1.165, 1.54) is 19.3 Å². The standard InChI is InChI=1S/C14H20N4/c1-16-8-5-12-6-9-18(10-7-12)14-4-2-3-13(11-15)17-14/h2-4,12,16H,5-10H2,1H3. The molecule has 0 aromatic carbocycles. The molecule has 1 aromatic rings.